The summed E-state index contributed by atoms with van der Waals surface area (Å²) in [5.74, 6) is -1.79. The molecule has 2 aliphatic heterocycles. The van der Waals surface area contributed by atoms with Crippen LogP contribution in [0.4, 0.5) is 35.9 Å². The van der Waals surface area contributed by atoms with Crippen molar-refractivity contribution in [2.75, 3.05) is 5.32 Å². The molecule has 0 bridgehead atoms. The Morgan fingerprint density at radius 3 is 0.866 bits per heavy atom. The minimum atomic E-state index is -4.15. The average molecular weight is 1410 g/mol. The highest BCUT2D eigenvalue weighted by molar-refractivity contribution is 7.89. The van der Waals surface area contributed by atoms with Gasteiger partial charge in [0.2, 0.25) is 31.7 Å². The zero-order chi connectivity index (χ0) is 77.7. The maximum atomic E-state index is 13.7. The van der Waals surface area contributed by atoms with Crippen molar-refractivity contribution in [3.05, 3.63) is 131 Å². The lowest BCUT2D eigenvalue weighted by Crippen LogP contribution is -2.77. The van der Waals surface area contributed by atoms with Crippen molar-refractivity contribution >= 4 is 42.8 Å². The summed E-state index contributed by atoms with van der Waals surface area (Å²) in [6, 6.07) is 0. The highest BCUT2D eigenvalue weighted by atomic mass is 32.2. The Morgan fingerprint density at radius 2 is 0.588 bits per heavy atom. The summed E-state index contributed by atoms with van der Waals surface area (Å²) in [6.07, 6.45) is 0. The number of halogens is 3. The molecular formula is C73H118F3N7O12S2. The smallest absolute Gasteiger partial charge is 0.309 e. The Bertz CT molecular complexity index is 3860. The number of nitro benzene ring substituents is 3. The molecule has 550 valence electrons. The second-order valence-corrected chi connectivity index (χ2v) is 35.7. The lowest BCUT2D eigenvalue weighted by molar-refractivity contribution is -0.388. The number of nitrogens with zero attached hydrogens (tertiary/aromatic N) is 3. The van der Waals surface area contributed by atoms with Crippen LogP contribution in [0.3, 0.4) is 0 Å². The lowest BCUT2D eigenvalue weighted by Gasteiger charge is -2.73. The molecule has 4 aromatic carbocycles. The van der Waals surface area contributed by atoms with Crippen molar-refractivity contribution in [3.63, 3.8) is 0 Å². The fourth-order valence-electron chi connectivity index (χ4n) is 15.9. The van der Waals surface area contributed by atoms with Crippen molar-refractivity contribution in [1.29, 1.82) is 0 Å². The Morgan fingerprint density at radius 1 is 0.361 bits per heavy atom. The van der Waals surface area contributed by atoms with Crippen LogP contribution in [0.5, 0.6) is 0 Å². The molecule has 0 spiro atoms. The van der Waals surface area contributed by atoms with Crippen LogP contribution >= 0.6 is 0 Å². The van der Waals surface area contributed by atoms with Gasteiger partial charge in [0, 0.05) is 54.7 Å². The first kappa shape index (κ1) is 87.5. The predicted octanol–water partition coefficient (Wildman–Crippen LogP) is 18.0. The van der Waals surface area contributed by atoms with E-state index in [1.807, 2.05) is 34.6 Å². The molecule has 2 heterocycles. The van der Waals surface area contributed by atoms with Gasteiger partial charge in [0.15, 0.2) is 0 Å². The van der Waals surface area contributed by atoms with Crippen LogP contribution in [0.15, 0.2) is 9.79 Å². The van der Waals surface area contributed by atoms with E-state index in [1.54, 1.807) is 41.5 Å². The maximum absolute atomic E-state index is 13.7. The predicted molar refractivity (Wildman–Crippen MR) is 385 cm³/mol. The van der Waals surface area contributed by atoms with E-state index >= 15 is 0 Å². The molecule has 97 heavy (non-hydrogen) atoms. The second-order valence-electron chi connectivity index (χ2n) is 32.7. The van der Waals surface area contributed by atoms with Gasteiger partial charge < -0.3 is 20.5 Å². The number of nitro groups is 3. The number of sulfonamides is 2. The quantitative estimate of drug-likeness (QED) is 0.0895. The number of primary sulfonamides is 2. The van der Waals surface area contributed by atoms with Gasteiger partial charge in [-0.3, -0.25) is 30.3 Å². The van der Waals surface area contributed by atoms with Crippen molar-refractivity contribution in [2.24, 2.45) is 48.5 Å². The molecule has 0 saturated carbocycles. The first-order valence-corrected chi connectivity index (χ1v) is 35.6. The summed E-state index contributed by atoms with van der Waals surface area (Å²) >= 11 is 0. The van der Waals surface area contributed by atoms with Crippen molar-refractivity contribution < 1.29 is 54.3 Å². The molecule has 0 unspecified atom stereocenters. The normalized spacial score (nSPS) is 19.0. The summed E-state index contributed by atoms with van der Waals surface area (Å²) in [4.78, 5) is 30.9. The summed E-state index contributed by atoms with van der Waals surface area (Å²) in [7, 11) is -8.28. The first-order valence-electron chi connectivity index (χ1n) is 32.5. The third kappa shape index (κ3) is 14.4. The number of ether oxygens (including phenoxy) is 2. The van der Waals surface area contributed by atoms with Crippen molar-refractivity contribution in [2.45, 2.75) is 299 Å². The lowest BCUT2D eigenvalue weighted by atomic mass is 9.39. The van der Waals surface area contributed by atoms with Crippen LogP contribution in [0.25, 0.3) is 0 Å². The fourth-order valence-corrected chi connectivity index (χ4v) is 18.1. The first-order chi connectivity index (χ1) is 42.6. The second kappa shape index (κ2) is 27.4. The summed E-state index contributed by atoms with van der Waals surface area (Å²) in [5, 5.41) is 47.6. The molecule has 2 fully saturated rings. The van der Waals surface area contributed by atoms with Crippen LogP contribution in [-0.2, 0) is 29.5 Å². The highest BCUT2D eigenvalue weighted by Gasteiger charge is 2.73. The van der Waals surface area contributed by atoms with Gasteiger partial charge in [0.05, 0.1) is 52.5 Å². The van der Waals surface area contributed by atoms with E-state index in [4.69, 9.17) is 25.5 Å². The molecule has 2 saturated heterocycles. The van der Waals surface area contributed by atoms with Crippen molar-refractivity contribution in [3.8, 4) is 0 Å². The monoisotopic (exact) mass is 1410 g/mol. The van der Waals surface area contributed by atoms with Crippen LogP contribution in [0.2, 0.25) is 0 Å². The average Bonchev–Trinajstić information content (AvgIpc) is 0.680. The van der Waals surface area contributed by atoms with Crippen LogP contribution in [0.1, 0.15) is 236 Å². The third-order valence-corrected chi connectivity index (χ3v) is 28.3. The zero-order valence-electron chi connectivity index (χ0n) is 65.4. The van der Waals surface area contributed by atoms with Gasteiger partial charge in [0.1, 0.15) is 11.5 Å². The number of anilines is 1. The Hall–Kier alpha value is -5.63. The zero-order valence-corrected chi connectivity index (χ0v) is 67.1. The molecule has 0 aromatic heterocycles. The summed E-state index contributed by atoms with van der Waals surface area (Å²) in [5.41, 5.74) is 9.56. The standard InChI is InChI=1S/C26H45N3O5S.C17H35NO.C11H15F.C10H12FNO2.C9H11FN2O4S/c1-15-16(2)20(35(27,32)33)17(3)19(29(30)31)18(15)28-23(8,9)26(14)21(4,5)24(10,11)34-25(12,13)22(26,6)7;1-12(2)15(7,8)19-16(9,10)13(3,4)17(12,11)14(5,6)18;1-6-7(2)9(4)11(12)10(5)8(6)3;1-5-6(2)8(4)10(12(13)14)9(11)7(5)3;1-4-5(2)9(17(11,15)16)6(3)8(7(4)10)12(13)14/h28H,1-14H3,(H2,27,32,33);18H2,1-11H3;1-5H3;1-4H3;1-3H3,(H2,11,15,16). The maximum Gasteiger partial charge on any atom is 0.309 e. The third-order valence-electron chi connectivity index (χ3n) is 26.0. The molecule has 19 nitrogen and oxygen atoms in total. The van der Waals surface area contributed by atoms with Crippen LogP contribution < -0.4 is 21.3 Å². The molecule has 7 N–H and O–H groups in total. The van der Waals surface area contributed by atoms with Gasteiger partial charge in [-0.15, -0.1) is 0 Å². The molecular weight excluding hydrogens is 1290 g/mol. The Kier molecular flexibility index (Phi) is 24.7. The summed E-state index contributed by atoms with van der Waals surface area (Å²) < 4.78 is 101. The van der Waals surface area contributed by atoms with E-state index in [0.29, 0.717) is 27.9 Å². The molecule has 0 radical (unpaired) electrons. The molecule has 6 rings (SSSR count). The van der Waals surface area contributed by atoms with E-state index in [9.17, 15) is 60.3 Å². The SMILES string of the molecule is CC(C)(N)C1(C)C(C)(C)C(C)(C)OC(C)(C)C1(C)C.Cc1c(C)c(C)c(F)c(C)c1C.Cc1c(C)c(C)c([N+](=O)[O-])c(F)c1C.Cc1c(C)c(S(N)(=O)=O)c(C)c([N+](=O)[O-])c1F.Cc1c(C)c(S(N)(=O)=O)c(C)c([N+](=O)[O-])c1NC(C)(C)C1(C)C(C)(C)C(C)(C)OC(C)(C)C1(C)C. The van der Waals surface area contributed by atoms with Gasteiger partial charge in [-0.25, -0.2) is 31.5 Å². The number of hydrogen-bond acceptors (Lipinski definition) is 14. The minimum absolute atomic E-state index is 0.0372. The number of nitrogens with one attached hydrogen (secondary N) is 1. The van der Waals surface area contributed by atoms with E-state index < -0.39 is 80.0 Å². The molecule has 24 heteroatoms. The van der Waals surface area contributed by atoms with E-state index in [1.165, 1.54) is 26.3 Å². The topological polar surface area (TPSA) is 306 Å². The fraction of sp³-hybridized carbons (Fsp3) is 0.671. The number of rotatable bonds is 9. The van der Waals surface area contributed by atoms with Gasteiger partial charge in [-0.1, -0.05) is 69.2 Å². The number of hydrogen-bond donors (Lipinski definition) is 4. The Labute approximate surface area is 578 Å². The van der Waals surface area contributed by atoms with Crippen LogP contribution in [0, 0.1) is 184 Å². The Balaban J connectivity index is 0.000000440. The molecule has 0 atom stereocenters. The summed E-state index contributed by atoms with van der Waals surface area (Å²) in [6.45, 7) is 73.1. The largest absolute Gasteiger partial charge is 0.374 e. The van der Waals surface area contributed by atoms with E-state index in [-0.39, 0.29) is 87.4 Å². The van der Waals surface area contributed by atoms with Gasteiger partial charge in [-0.05, 0) is 254 Å². The number of benzene rings is 4. The number of nitrogens with two attached hydrogens (primary N) is 3. The highest BCUT2D eigenvalue weighted by Crippen LogP contribution is 2.71. The molecule has 2 aliphatic rings. The molecule has 4 aromatic rings. The van der Waals surface area contributed by atoms with Crippen LogP contribution in [-0.4, -0.2) is 65.1 Å². The van der Waals surface area contributed by atoms with Gasteiger partial charge in [0.25, 0.3) is 5.69 Å². The van der Waals surface area contributed by atoms with E-state index in [0.717, 1.165) is 40.3 Å². The minimum Gasteiger partial charge on any atom is -0.374 e. The van der Waals surface area contributed by atoms with Gasteiger partial charge in [-0.2, -0.15) is 8.78 Å². The molecule has 0 amide bonds. The van der Waals surface area contributed by atoms with Crippen molar-refractivity contribution in [1.82, 2.24) is 0 Å². The van der Waals surface area contributed by atoms with Gasteiger partial charge >= 0.3 is 11.4 Å². The molecule has 0 aliphatic carbocycles. The van der Waals surface area contributed by atoms with E-state index in [2.05, 4.69) is 158 Å².